The maximum atomic E-state index is 12.0. The average Bonchev–Trinajstić information content (AvgIpc) is 2.39. The minimum atomic E-state index is -0.195. The number of rotatable bonds is 3. The predicted octanol–water partition coefficient (Wildman–Crippen LogP) is 3.05. The molecule has 0 atom stereocenters. The van der Waals surface area contributed by atoms with Crippen molar-refractivity contribution in [1.29, 1.82) is 0 Å². The molecule has 0 aromatic carbocycles. The quantitative estimate of drug-likeness (QED) is 0.589. The lowest BCUT2D eigenvalue weighted by Gasteiger charge is -2.27. The van der Waals surface area contributed by atoms with Gasteiger partial charge in [0.15, 0.2) is 0 Å². The van der Waals surface area contributed by atoms with Gasteiger partial charge in [-0.05, 0) is 37.2 Å². The first-order chi connectivity index (χ1) is 9.19. The van der Waals surface area contributed by atoms with Gasteiger partial charge in [0.25, 0.3) is 0 Å². The number of thioether (sulfide) groups is 1. The van der Waals surface area contributed by atoms with E-state index in [2.05, 4.69) is 5.16 Å². The molecule has 0 amide bonds. The molecule has 0 radical (unpaired) electrons. The van der Waals surface area contributed by atoms with Gasteiger partial charge in [-0.3, -0.25) is 0 Å². The normalized spacial score (nSPS) is 21.5. The van der Waals surface area contributed by atoms with Gasteiger partial charge >= 0.3 is 5.97 Å². The van der Waals surface area contributed by atoms with Crippen molar-refractivity contribution in [1.82, 2.24) is 0 Å². The molecule has 104 valence electrons. The number of hydrogen-bond donors (Lipinski definition) is 0. The topological polar surface area (TPSA) is 47.9 Å². The predicted molar refractivity (Wildman–Crippen MR) is 77.1 cm³/mol. The number of carbonyl (C=O) groups excluding carboxylic acids is 1. The third kappa shape index (κ3) is 2.86. The zero-order valence-corrected chi connectivity index (χ0v) is 12.4. The van der Waals surface area contributed by atoms with Crippen molar-refractivity contribution in [2.45, 2.75) is 33.1 Å². The lowest BCUT2D eigenvalue weighted by Crippen LogP contribution is -2.21. The summed E-state index contributed by atoms with van der Waals surface area (Å²) < 4.78 is 5.13. The number of nitrogens with zero attached hydrogens (tertiary/aromatic N) is 1. The van der Waals surface area contributed by atoms with E-state index in [0.29, 0.717) is 6.61 Å². The molecule has 1 aliphatic heterocycles. The molecular formula is C14H19NO3S. The zero-order valence-electron chi connectivity index (χ0n) is 11.6. The Kier molecular flexibility index (Phi) is 4.69. The van der Waals surface area contributed by atoms with Crippen LogP contribution in [0.5, 0.6) is 0 Å². The first kappa shape index (κ1) is 14.2. The highest BCUT2D eigenvalue weighted by atomic mass is 32.2. The highest BCUT2D eigenvalue weighted by Crippen LogP contribution is 2.41. The summed E-state index contributed by atoms with van der Waals surface area (Å²) in [4.78, 5) is 18.2. The Hall–Kier alpha value is -1.23. The highest BCUT2D eigenvalue weighted by molar-refractivity contribution is 8.03. The van der Waals surface area contributed by atoms with Crippen molar-refractivity contribution < 1.29 is 14.4 Å². The molecule has 0 saturated carbocycles. The van der Waals surface area contributed by atoms with Crippen molar-refractivity contribution in [2.24, 2.45) is 5.16 Å². The van der Waals surface area contributed by atoms with Gasteiger partial charge in [-0.2, -0.15) is 0 Å². The van der Waals surface area contributed by atoms with Gasteiger partial charge in [-0.25, -0.2) is 4.79 Å². The van der Waals surface area contributed by atoms with Crippen molar-refractivity contribution in [3.05, 3.63) is 21.6 Å². The van der Waals surface area contributed by atoms with Crippen LogP contribution in [0.3, 0.4) is 0 Å². The maximum absolute atomic E-state index is 12.0. The summed E-state index contributed by atoms with van der Waals surface area (Å²) in [6.07, 6.45) is 2.54. The van der Waals surface area contributed by atoms with E-state index in [9.17, 15) is 4.79 Å². The zero-order chi connectivity index (χ0) is 13.8. The van der Waals surface area contributed by atoms with E-state index in [4.69, 9.17) is 9.57 Å². The van der Waals surface area contributed by atoms with Crippen LogP contribution in [0.25, 0.3) is 0 Å². The van der Waals surface area contributed by atoms with Crippen LogP contribution in [0.4, 0.5) is 0 Å². The largest absolute Gasteiger partial charge is 0.463 e. The smallest absolute Gasteiger partial charge is 0.334 e. The molecule has 5 heteroatoms. The summed E-state index contributed by atoms with van der Waals surface area (Å²) in [6, 6.07) is 0. The minimum Gasteiger partial charge on any atom is -0.463 e. The third-order valence-corrected chi connectivity index (χ3v) is 4.50. The van der Waals surface area contributed by atoms with Crippen molar-refractivity contribution >= 4 is 23.4 Å². The molecule has 0 saturated heterocycles. The monoisotopic (exact) mass is 281 g/mol. The Balaban J connectivity index is 2.39. The Labute approximate surface area is 117 Å². The Morgan fingerprint density at radius 3 is 2.84 bits per heavy atom. The Morgan fingerprint density at radius 1 is 1.37 bits per heavy atom. The summed E-state index contributed by atoms with van der Waals surface area (Å²) in [7, 11) is 1.56. The molecule has 0 N–H and O–H groups in total. The van der Waals surface area contributed by atoms with Crippen molar-refractivity contribution in [3.8, 4) is 0 Å². The van der Waals surface area contributed by atoms with Gasteiger partial charge in [0.05, 0.1) is 12.3 Å². The van der Waals surface area contributed by atoms with E-state index in [1.165, 1.54) is 4.91 Å². The van der Waals surface area contributed by atoms with E-state index >= 15 is 0 Å². The number of carbonyl (C=O) groups is 1. The molecule has 0 fully saturated rings. The summed E-state index contributed by atoms with van der Waals surface area (Å²) in [5.41, 5.74) is 3.84. The van der Waals surface area contributed by atoms with E-state index in [1.54, 1.807) is 7.11 Å². The van der Waals surface area contributed by atoms with Crippen LogP contribution in [0.2, 0.25) is 0 Å². The fourth-order valence-electron chi connectivity index (χ4n) is 2.50. The second-order valence-corrected chi connectivity index (χ2v) is 5.63. The van der Waals surface area contributed by atoms with Gasteiger partial charge in [-0.15, -0.1) is 11.8 Å². The lowest BCUT2D eigenvalue weighted by atomic mass is 9.88. The summed E-state index contributed by atoms with van der Waals surface area (Å²) in [6.45, 7) is 4.22. The summed E-state index contributed by atoms with van der Waals surface area (Å²) in [5.74, 6) is 0.835. The van der Waals surface area contributed by atoms with Crippen molar-refractivity contribution in [2.75, 3.05) is 19.5 Å². The second-order valence-electron chi connectivity index (χ2n) is 4.44. The van der Waals surface area contributed by atoms with Gasteiger partial charge < -0.3 is 9.57 Å². The first-order valence-corrected chi connectivity index (χ1v) is 7.51. The molecule has 1 heterocycles. The van der Waals surface area contributed by atoms with Crippen molar-refractivity contribution in [3.63, 3.8) is 0 Å². The van der Waals surface area contributed by atoms with Crippen LogP contribution < -0.4 is 0 Å². The fraction of sp³-hybridized carbons (Fsp3) is 0.571. The van der Waals surface area contributed by atoms with Crippen LogP contribution in [-0.4, -0.2) is 31.2 Å². The molecule has 0 unspecified atom stereocenters. The first-order valence-electron chi connectivity index (χ1n) is 6.52. The van der Waals surface area contributed by atoms with Gasteiger partial charge in [0.1, 0.15) is 7.11 Å². The molecule has 0 aromatic rings. The van der Waals surface area contributed by atoms with E-state index < -0.39 is 0 Å². The SMILES string of the molecule is CCOC(=O)C1=C(C)C2=C(CC1)SCCC2=NOC. The maximum Gasteiger partial charge on any atom is 0.334 e. The molecule has 0 bridgehead atoms. The van der Waals surface area contributed by atoms with Gasteiger partial charge in [0, 0.05) is 23.3 Å². The second kappa shape index (κ2) is 6.28. The standard InChI is InChI=1S/C14H19NO3S/c1-4-18-14(16)10-5-6-12-13(9(10)2)11(15-17-3)7-8-19-12/h4-8H2,1-3H3. The van der Waals surface area contributed by atoms with Crippen LogP contribution in [-0.2, 0) is 14.4 Å². The molecular weight excluding hydrogens is 262 g/mol. The Bertz CT molecular complexity index is 477. The summed E-state index contributed by atoms with van der Waals surface area (Å²) >= 11 is 1.86. The average molecular weight is 281 g/mol. The number of oxime groups is 1. The van der Waals surface area contributed by atoms with E-state index in [1.807, 2.05) is 25.6 Å². The van der Waals surface area contributed by atoms with Crippen LogP contribution in [0.15, 0.2) is 26.8 Å². The molecule has 2 rings (SSSR count). The molecule has 19 heavy (non-hydrogen) atoms. The molecule has 2 aliphatic rings. The number of esters is 1. The van der Waals surface area contributed by atoms with Gasteiger partial charge in [-0.1, -0.05) is 5.16 Å². The third-order valence-electron chi connectivity index (χ3n) is 3.34. The number of ether oxygens (including phenoxy) is 1. The lowest BCUT2D eigenvalue weighted by molar-refractivity contribution is -0.138. The molecule has 4 nitrogen and oxygen atoms in total. The van der Waals surface area contributed by atoms with Gasteiger partial charge in [0.2, 0.25) is 0 Å². The molecule has 1 aliphatic carbocycles. The minimum absolute atomic E-state index is 0.195. The molecule has 0 aromatic heterocycles. The van der Waals surface area contributed by atoms with Crippen LogP contribution in [0, 0.1) is 0 Å². The summed E-state index contributed by atoms with van der Waals surface area (Å²) in [5, 5.41) is 4.12. The number of allylic oxidation sites excluding steroid dienone is 3. The highest BCUT2D eigenvalue weighted by Gasteiger charge is 2.29. The Morgan fingerprint density at radius 2 is 2.16 bits per heavy atom. The fourth-order valence-corrected chi connectivity index (χ4v) is 3.71. The molecule has 0 spiro atoms. The number of hydrogen-bond acceptors (Lipinski definition) is 5. The van der Waals surface area contributed by atoms with Crippen LogP contribution >= 0.6 is 11.8 Å². The van der Waals surface area contributed by atoms with E-state index in [-0.39, 0.29) is 5.97 Å². The van der Waals surface area contributed by atoms with Crippen LogP contribution in [0.1, 0.15) is 33.1 Å². The van der Waals surface area contributed by atoms with E-state index in [0.717, 1.165) is 47.4 Å².